The van der Waals surface area contributed by atoms with Crippen LogP contribution in [0.4, 0.5) is 4.39 Å². The summed E-state index contributed by atoms with van der Waals surface area (Å²) in [4.78, 5) is 12.2. The molecule has 2 aromatic rings. The molecule has 124 valence electrons. The molecule has 2 atom stereocenters. The topological polar surface area (TPSA) is 65.5 Å². The quantitative estimate of drug-likeness (QED) is 0.596. The number of halogens is 1. The molecule has 1 saturated heterocycles. The van der Waals surface area contributed by atoms with Gasteiger partial charge in [-0.05, 0) is 36.6 Å². The first-order valence-electron chi connectivity index (χ1n) is 7.79. The minimum Gasteiger partial charge on any atom is -0.271 e. The number of rotatable bonds is 4. The monoisotopic (exact) mass is 326 g/mol. The Bertz CT molecular complexity index is 730. The number of amides is 1. The molecule has 0 bridgehead atoms. The molecule has 0 radical (unpaired) electrons. The van der Waals surface area contributed by atoms with Crippen molar-refractivity contribution in [3.63, 3.8) is 0 Å². The molecule has 1 aliphatic rings. The SMILES string of the molecule is C/C(=N\NC(=O)C1CC(c2ccccc2)NN1)c1ccc(F)cc1. The highest BCUT2D eigenvalue weighted by atomic mass is 19.1. The van der Waals surface area contributed by atoms with E-state index >= 15 is 0 Å². The van der Waals surface area contributed by atoms with Crippen LogP contribution in [-0.4, -0.2) is 17.7 Å². The molecule has 1 aliphatic heterocycles. The average Bonchev–Trinajstić information content (AvgIpc) is 3.11. The van der Waals surface area contributed by atoms with Gasteiger partial charge in [0.15, 0.2) is 0 Å². The summed E-state index contributed by atoms with van der Waals surface area (Å²) in [6.45, 7) is 1.76. The molecule has 0 aliphatic carbocycles. The molecule has 2 aromatic carbocycles. The summed E-state index contributed by atoms with van der Waals surface area (Å²) in [7, 11) is 0. The molecule has 2 unspecified atom stereocenters. The van der Waals surface area contributed by atoms with Crippen molar-refractivity contribution in [3.05, 3.63) is 71.5 Å². The van der Waals surface area contributed by atoms with Gasteiger partial charge in [0.05, 0.1) is 5.71 Å². The molecular weight excluding hydrogens is 307 g/mol. The van der Waals surface area contributed by atoms with Gasteiger partial charge >= 0.3 is 0 Å². The van der Waals surface area contributed by atoms with Crippen LogP contribution in [0.5, 0.6) is 0 Å². The fourth-order valence-corrected chi connectivity index (χ4v) is 2.60. The van der Waals surface area contributed by atoms with Crippen LogP contribution in [0.1, 0.15) is 30.5 Å². The fourth-order valence-electron chi connectivity index (χ4n) is 2.60. The molecule has 1 amide bonds. The van der Waals surface area contributed by atoms with Crippen LogP contribution >= 0.6 is 0 Å². The third-order valence-corrected chi connectivity index (χ3v) is 4.02. The zero-order valence-corrected chi connectivity index (χ0v) is 13.3. The molecule has 0 aromatic heterocycles. The maximum absolute atomic E-state index is 12.9. The van der Waals surface area contributed by atoms with Gasteiger partial charge < -0.3 is 0 Å². The van der Waals surface area contributed by atoms with Crippen molar-refractivity contribution in [1.82, 2.24) is 16.3 Å². The van der Waals surface area contributed by atoms with Gasteiger partial charge in [0.2, 0.25) is 0 Å². The van der Waals surface area contributed by atoms with Gasteiger partial charge in [-0.25, -0.2) is 20.7 Å². The van der Waals surface area contributed by atoms with Gasteiger partial charge in [-0.2, -0.15) is 5.10 Å². The van der Waals surface area contributed by atoms with E-state index in [-0.39, 0.29) is 23.8 Å². The number of hydrogen-bond acceptors (Lipinski definition) is 4. The number of nitrogens with one attached hydrogen (secondary N) is 3. The average molecular weight is 326 g/mol. The highest BCUT2D eigenvalue weighted by Gasteiger charge is 2.29. The summed E-state index contributed by atoms with van der Waals surface area (Å²) in [6, 6.07) is 15.7. The van der Waals surface area contributed by atoms with Crippen molar-refractivity contribution in [2.75, 3.05) is 0 Å². The van der Waals surface area contributed by atoms with Crippen molar-refractivity contribution < 1.29 is 9.18 Å². The molecule has 3 rings (SSSR count). The third-order valence-electron chi connectivity index (χ3n) is 4.02. The molecule has 24 heavy (non-hydrogen) atoms. The third kappa shape index (κ3) is 3.84. The Kier molecular flexibility index (Phi) is 4.98. The number of nitrogens with zero attached hydrogens (tertiary/aromatic N) is 1. The molecule has 5 nitrogen and oxygen atoms in total. The first-order chi connectivity index (χ1) is 11.6. The Morgan fingerprint density at radius 3 is 2.54 bits per heavy atom. The standard InChI is InChI=1S/C18H19FN4O/c1-12(13-7-9-15(19)10-8-13)20-23-18(24)17-11-16(21-22-17)14-5-3-2-4-6-14/h2-10,16-17,21-22H,11H2,1H3,(H,23,24)/b20-12+. The molecule has 0 spiro atoms. The van der Waals surface area contributed by atoms with Crippen LogP contribution in [0.25, 0.3) is 0 Å². The Balaban J connectivity index is 1.57. The molecule has 1 fully saturated rings. The number of carbonyl (C=O) groups excluding carboxylic acids is 1. The number of hydrogen-bond donors (Lipinski definition) is 3. The van der Waals surface area contributed by atoms with Crippen LogP contribution in [0.15, 0.2) is 59.7 Å². The van der Waals surface area contributed by atoms with Crippen LogP contribution < -0.4 is 16.3 Å². The molecular formula is C18H19FN4O. The molecule has 6 heteroatoms. The van der Waals surface area contributed by atoms with Crippen molar-refractivity contribution in [3.8, 4) is 0 Å². The Morgan fingerprint density at radius 2 is 1.83 bits per heavy atom. The van der Waals surface area contributed by atoms with Gasteiger partial charge in [-0.1, -0.05) is 42.5 Å². The predicted molar refractivity (Wildman–Crippen MR) is 90.6 cm³/mol. The lowest BCUT2D eigenvalue weighted by Crippen LogP contribution is -2.41. The van der Waals surface area contributed by atoms with E-state index in [0.29, 0.717) is 12.1 Å². The summed E-state index contributed by atoms with van der Waals surface area (Å²) in [5, 5.41) is 4.09. The van der Waals surface area contributed by atoms with E-state index in [4.69, 9.17) is 0 Å². The van der Waals surface area contributed by atoms with Crippen LogP contribution in [0.2, 0.25) is 0 Å². The van der Waals surface area contributed by atoms with Gasteiger partial charge in [0.1, 0.15) is 11.9 Å². The second-order valence-corrected chi connectivity index (χ2v) is 5.72. The maximum Gasteiger partial charge on any atom is 0.258 e. The van der Waals surface area contributed by atoms with Gasteiger partial charge in [0, 0.05) is 6.04 Å². The van der Waals surface area contributed by atoms with Crippen LogP contribution in [0.3, 0.4) is 0 Å². The zero-order chi connectivity index (χ0) is 16.9. The van der Waals surface area contributed by atoms with E-state index in [0.717, 1.165) is 11.1 Å². The minimum atomic E-state index is -0.361. The number of hydrazine groups is 1. The van der Waals surface area contributed by atoms with Crippen molar-refractivity contribution >= 4 is 11.6 Å². The van der Waals surface area contributed by atoms with Crippen molar-refractivity contribution in [2.45, 2.75) is 25.4 Å². The Morgan fingerprint density at radius 1 is 1.12 bits per heavy atom. The van der Waals surface area contributed by atoms with E-state index < -0.39 is 0 Å². The van der Waals surface area contributed by atoms with Crippen LogP contribution in [0, 0.1) is 5.82 Å². The summed E-state index contributed by atoms with van der Waals surface area (Å²) in [6.07, 6.45) is 0.640. The summed E-state index contributed by atoms with van der Waals surface area (Å²) < 4.78 is 12.9. The van der Waals surface area contributed by atoms with Gasteiger partial charge in [-0.3, -0.25) is 4.79 Å². The summed E-state index contributed by atoms with van der Waals surface area (Å²) in [5.41, 5.74) is 11.2. The molecule has 0 saturated carbocycles. The molecule has 3 N–H and O–H groups in total. The highest BCUT2D eigenvalue weighted by Crippen LogP contribution is 2.21. The lowest BCUT2D eigenvalue weighted by molar-refractivity contribution is -0.122. The fraction of sp³-hybridized carbons (Fsp3) is 0.222. The second kappa shape index (κ2) is 7.33. The van der Waals surface area contributed by atoms with E-state index in [1.807, 2.05) is 30.3 Å². The highest BCUT2D eigenvalue weighted by molar-refractivity contribution is 5.99. The number of benzene rings is 2. The first-order valence-corrected chi connectivity index (χ1v) is 7.79. The van der Waals surface area contributed by atoms with E-state index in [1.54, 1.807) is 19.1 Å². The van der Waals surface area contributed by atoms with Crippen LogP contribution in [-0.2, 0) is 4.79 Å². The smallest absolute Gasteiger partial charge is 0.258 e. The van der Waals surface area contributed by atoms with Gasteiger partial charge in [-0.15, -0.1) is 0 Å². The summed E-state index contributed by atoms with van der Waals surface area (Å²) >= 11 is 0. The van der Waals surface area contributed by atoms with E-state index in [1.165, 1.54) is 12.1 Å². The summed E-state index contributed by atoms with van der Waals surface area (Å²) in [5.74, 6) is -0.508. The minimum absolute atomic E-state index is 0.0872. The lowest BCUT2D eigenvalue weighted by Gasteiger charge is -2.09. The molecule has 1 heterocycles. The zero-order valence-electron chi connectivity index (χ0n) is 13.3. The predicted octanol–water partition coefficient (Wildman–Crippen LogP) is 2.27. The normalized spacial score (nSPS) is 20.8. The van der Waals surface area contributed by atoms with E-state index in [9.17, 15) is 9.18 Å². The maximum atomic E-state index is 12.9. The largest absolute Gasteiger partial charge is 0.271 e. The Hall–Kier alpha value is -2.57. The number of hydrazone groups is 1. The van der Waals surface area contributed by atoms with E-state index in [2.05, 4.69) is 21.4 Å². The second-order valence-electron chi connectivity index (χ2n) is 5.72. The Labute approximate surface area is 139 Å². The lowest BCUT2D eigenvalue weighted by atomic mass is 10.0. The van der Waals surface area contributed by atoms with Crippen molar-refractivity contribution in [2.24, 2.45) is 5.10 Å². The number of carbonyl (C=O) groups is 1. The van der Waals surface area contributed by atoms with Crippen molar-refractivity contribution in [1.29, 1.82) is 0 Å². The first kappa shape index (κ1) is 16.3. The van der Waals surface area contributed by atoms with Gasteiger partial charge in [0.25, 0.3) is 5.91 Å².